The standard InChI is InChI=1S/C9H12N2/c1-3-5-9(4-2)11-7-6-10-8-11/h3-8H,1-2H3/b5-3-,9-4+. The molecular weight excluding hydrogens is 136 g/mol. The molecule has 1 aromatic heterocycles. The molecule has 0 N–H and O–H groups in total. The van der Waals surface area contributed by atoms with Gasteiger partial charge in [-0.2, -0.15) is 0 Å². The molecule has 0 saturated heterocycles. The van der Waals surface area contributed by atoms with Crippen LogP contribution in [0.2, 0.25) is 0 Å². The number of imidazole rings is 1. The Balaban J connectivity index is 2.89. The predicted molar refractivity (Wildman–Crippen MR) is 47.0 cm³/mol. The summed E-state index contributed by atoms with van der Waals surface area (Å²) in [6.45, 7) is 4.01. The summed E-state index contributed by atoms with van der Waals surface area (Å²) < 4.78 is 1.97. The molecule has 0 unspecified atom stereocenters. The van der Waals surface area contributed by atoms with Crippen molar-refractivity contribution in [3.63, 3.8) is 0 Å². The van der Waals surface area contributed by atoms with Gasteiger partial charge in [0.15, 0.2) is 0 Å². The third kappa shape index (κ3) is 1.80. The Morgan fingerprint density at radius 1 is 1.45 bits per heavy atom. The summed E-state index contributed by atoms with van der Waals surface area (Å²) in [6.07, 6.45) is 11.6. The van der Waals surface area contributed by atoms with E-state index in [9.17, 15) is 0 Å². The zero-order valence-corrected chi connectivity index (χ0v) is 6.86. The Bertz CT molecular complexity index is 255. The highest BCUT2D eigenvalue weighted by Gasteiger charge is 1.90. The second kappa shape index (κ2) is 3.76. The summed E-state index contributed by atoms with van der Waals surface area (Å²) in [4.78, 5) is 3.96. The first-order chi connectivity index (χ1) is 5.38. The van der Waals surface area contributed by atoms with Crippen molar-refractivity contribution in [3.05, 3.63) is 36.9 Å². The SMILES string of the molecule is C/C=C\C(=C/C)n1ccnc1. The van der Waals surface area contributed by atoms with E-state index in [2.05, 4.69) is 4.98 Å². The van der Waals surface area contributed by atoms with Crippen molar-refractivity contribution in [1.29, 1.82) is 0 Å². The Morgan fingerprint density at radius 2 is 2.27 bits per heavy atom. The normalized spacial score (nSPS) is 12.7. The molecule has 0 saturated carbocycles. The molecule has 58 valence electrons. The molecule has 0 bridgehead atoms. The Kier molecular flexibility index (Phi) is 2.66. The fraction of sp³-hybridized carbons (Fsp3) is 0.222. The maximum Gasteiger partial charge on any atom is 0.0991 e. The first kappa shape index (κ1) is 7.79. The highest BCUT2D eigenvalue weighted by Crippen LogP contribution is 2.04. The lowest BCUT2D eigenvalue weighted by atomic mass is 10.3. The molecule has 2 heteroatoms. The Hall–Kier alpha value is -1.31. The van der Waals surface area contributed by atoms with E-state index >= 15 is 0 Å². The molecule has 0 aliphatic heterocycles. The summed E-state index contributed by atoms with van der Waals surface area (Å²) in [5.74, 6) is 0. The van der Waals surface area contributed by atoms with Gasteiger partial charge in [-0.25, -0.2) is 4.98 Å². The first-order valence-corrected chi connectivity index (χ1v) is 3.66. The van der Waals surface area contributed by atoms with Crippen molar-refractivity contribution in [1.82, 2.24) is 9.55 Å². The van der Waals surface area contributed by atoms with E-state index in [4.69, 9.17) is 0 Å². The number of rotatable bonds is 2. The highest BCUT2D eigenvalue weighted by molar-refractivity contribution is 5.55. The molecule has 1 heterocycles. The average Bonchev–Trinajstić information content (AvgIpc) is 2.52. The van der Waals surface area contributed by atoms with Crippen LogP contribution in [0.15, 0.2) is 36.9 Å². The van der Waals surface area contributed by atoms with Gasteiger partial charge in [-0.3, -0.25) is 0 Å². The number of aromatic nitrogens is 2. The molecule has 0 aliphatic carbocycles. The summed E-state index contributed by atoms with van der Waals surface area (Å²) in [7, 11) is 0. The van der Waals surface area contributed by atoms with Crippen molar-refractivity contribution in [2.45, 2.75) is 13.8 Å². The summed E-state index contributed by atoms with van der Waals surface area (Å²) >= 11 is 0. The lowest BCUT2D eigenvalue weighted by molar-refractivity contribution is 1.10. The largest absolute Gasteiger partial charge is 0.307 e. The van der Waals surface area contributed by atoms with Gasteiger partial charge in [0, 0.05) is 18.1 Å². The Morgan fingerprint density at radius 3 is 2.73 bits per heavy atom. The summed E-state index contributed by atoms with van der Waals surface area (Å²) in [6, 6.07) is 0. The van der Waals surface area contributed by atoms with Crippen LogP contribution in [0.3, 0.4) is 0 Å². The molecule has 0 radical (unpaired) electrons. The summed E-state index contributed by atoms with van der Waals surface area (Å²) in [5, 5.41) is 0. The van der Waals surface area contributed by atoms with E-state index in [1.807, 2.05) is 42.8 Å². The average molecular weight is 148 g/mol. The summed E-state index contributed by atoms with van der Waals surface area (Å²) in [5.41, 5.74) is 1.14. The van der Waals surface area contributed by atoms with Gasteiger partial charge in [0.05, 0.1) is 6.33 Å². The van der Waals surface area contributed by atoms with Crippen molar-refractivity contribution in [3.8, 4) is 0 Å². The van der Waals surface area contributed by atoms with Crippen LogP contribution in [-0.2, 0) is 0 Å². The molecule has 0 amide bonds. The van der Waals surface area contributed by atoms with Gasteiger partial charge in [-0.1, -0.05) is 12.2 Å². The Labute approximate surface area is 66.9 Å². The van der Waals surface area contributed by atoms with Gasteiger partial charge >= 0.3 is 0 Å². The topological polar surface area (TPSA) is 17.8 Å². The zero-order valence-electron chi connectivity index (χ0n) is 6.86. The molecule has 2 nitrogen and oxygen atoms in total. The van der Waals surface area contributed by atoms with Gasteiger partial charge in [-0.05, 0) is 19.9 Å². The molecule has 0 aromatic carbocycles. The van der Waals surface area contributed by atoms with Crippen LogP contribution in [0.4, 0.5) is 0 Å². The fourth-order valence-corrected chi connectivity index (χ4v) is 0.914. The quantitative estimate of drug-likeness (QED) is 0.588. The molecule has 11 heavy (non-hydrogen) atoms. The highest BCUT2D eigenvalue weighted by atomic mass is 15.0. The molecule has 0 fully saturated rings. The minimum Gasteiger partial charge on any atom is -0.307 e. The van der Waals surface area contributed by atoms with Crippen LogP contribution in [0.1, 0.15) is 13.8 Å². The zero-order chi connectivity index (χ0) is 8.10. The van der Waals surface area contributed by atoms with E-state index < -0.39 is 0 Å². The predicted octanol–water partition coefficient (Wildman–Crippen LogP) is 2.32. The fourth-order valence-electron chi connectivity index (χ4n) is 0.914. The van der Waals surface area contributed by atoms with Crippen molar-refractivity contribution in [2.24, 2.45) is 0 Å². The molecular formula is C9H12N2. The van der Waals surface area contributed by atoms with E-state index in [1.165, 1.54) is 0 Å². The smallest absolute Gasteiger partial charge is 0.0991 e. The maximum absolute atomic E-state index is 3.96. The number of hydrogen-bond acceptors (Lipinski definition) is 1. The van der Waals surface area contributed by atoms with E-state index in [1.54, 1.807) is 12.5 Å². The minimum atomic E-state index is 1.14. The lowest BCUT2D eigenvalue weighted by Gasteiger charge is -1.99. The van der Waals surface area contributed by atoms with Crippen molar-refractivity contribution in [2.75, 3.05) is 0 Å². The third-order valence-corrected chi connectivity index (χ3v) is 1.44. The second-order valence-electron chi connectivity index (χ2n) is 2.18. The van der Waals surface area contributed by atoms with E-state index in [0.717, 1.165) is 5.70 Å². The third-order valence-electron chi connectivity index (χ3n) is 1.44. The lowest BCUT2D eigenvalue weighted by Crippen LogP contribution is -1.88. The van der Waals surface area contributed by atoms with Crippen LogP contribution in [0.25, 0.3) is 5.70 Å². The first-order valence-electron chi connectivity index (χ1n) is 3.66. The van der Waals surface area contributed by atoms with Crippen LogP contribution in [0.5, 0.6) is 0 Å². The molecule has 0 aliphatic rings. The number of allylic oxidation sites excluding steroid dienone is 4. The van der Waals surface area contributed by atoms with Crippen molar-refractivity contribution >= 4 is 5.70 Å². The van der Waals surface area contributed by atoms with Gasteiger partial charge < -0.3 is 4.57 Å². The van der Waals surface area contributed by atoms with Crippen LogP contribution in [-0.4, -0.2) is 9.55 Å². The second-order valence-corrected chi connectivity index (χ2v) is 2.18. The van der Waals surface area contributed by atoms with Gasteiger partial charge in [0.2, 0.25) is 0 Å². The van der Waals surface area contributed by atoms with Gasteiger partial charge in [-0.15, -0.1) is 0 Å². The van der Waals surface area contributed by atoms with E-state index in [0.29, 0.717) is 0 Å². The van der Waals surface area contributed by atoms with Gasteiger partial charge in [0.1, 0.15) is 0 Å². The number of hydrogen-bond donors (Lipinski definition) is 0. The van der Waals surface area contributed by atoms with E-state index in [-0.39, 0.29) is 0 Å². The monoisotopic (exact) mass is 148 g/mol. The molecule has 1 aromatic rings. The molecule has 0 atom stereocenters. The van der Waals surface area contributed by atoms with Crippen LogP contribution >= 0.6 is 0 Å². The van der Waals surface area contributed by atoms with Crippen LogP contribution < -0.4 is 0 Å². The minimum absolute atomic E-state index is 1.14. The van der Waals surface area contributed by atoms with Crippen molar-refractivity contribution < 1.29 is 0 Å². The van der Waals surface area contributed by atoms with Crippen LogP contribution in [0, 0.1) is 0 Å². The molecule has 0 spiro atoms. The maximum atomic E-state index is 3.96. The van der Waals surface area contributed by atoms with Gasteiger partial charge in [0.25, 0.3) is 0 Å². The molecule has 1 rings (SSSR count). The number of nitrogens with zero attached hydrogens (tertiary/aromatic N) is 2.